The number of ketones is 1. The van der Waals surface area contributed by atoms with E-state index < -0.39 is 5.82 Å². The molecule has 0 aromatic heterocycles. The van der Waals surface area contributed by atoms with Crippen LogP contribution in [0.3, 0.4) is 0 Å². The van der Waals surface area contributed by atoms with Gasteiger partial charge >= 0.3 is 0 Å². The van der Waals surface area contributed by atoms with Gasteiger partial charge in [-0.05, 0) is 31.2 Å². The number of halogens is 2. The van der Waals surface area contributed by atoms with Gasteiger partial charge in [0.1, 0.15) is 5.82 Å². The van der Waals surface area contributed by atoms with E-state index in [0.717, 1.165) is 5.56 Å². The van der Waals surface area contributed by atoms with Gasteiger partial charge in [-0.25, -0.2) is 4.39 Å². The quantitative estimate of drug-likeness (QED) is 0.761. The summed E-state index contributed by atoms with van der Waals surface area (Å²) in [4.78, 5) is 12.1. The van der Waals surface area contributed by atoms with Crippen molar-refractivity contribution in [2.75, 3.05) is 0 Å². The fourth-order valence-electron chi connectivity index (χ4n) is 1.61. The van der Waals surface area contributed by atoms with Gasteiger partial charge in [-0.3, -0.25) is 4.79 Å². The van der Waals surface area contributed by atoms with E-state index in [2.05, 4.69) is 15.9 Å². The average molecular weight is 293 g/mol. The van der Waals surface area contributed by atoms with E-state index in [0.29, 0.717) is 10.0 Å². The number of carbonyl (C=O) groups excluding carboxylic acids is 1. The predicted octanol–water partition coefficient (Wildman–Crippen LogP) is 4.13. The summed E-state index contributed by atoms with van der Waals surface area (Å²) in [5.74, 6) is -0.799. The van der Waals surface area contributed by atoms with E-state index >= 15 is 0 Å². The molecule has 0 aliphatic carbocycles. The van der Waals surface area contributed by atoms with Crippen molar-refractivity contribution in [3.63, 3.8) is 0 Å². The molecular weight excluding hydrogens is 283 g/mol. The third kappa shape index (κ3) is 2.61. The van der Waals surface area contributed by atoms with Crippen molar-refractivity contribution in [3.8, 4) is 0 Å². The highest BCUT2D eigenvalue weighted by Crippen LogP contribution is 2.19. The highest BCUT2D eigenvalue weighted by Gasteiger charge is 2.14. The molecule has 0 unspecified atom stereocenters. The summed E-state index contributed by atoms with van der Waals surface area (Å²) >= 11 is 3.23. The van der Waals surface area contributed by atoms with Gasteiger partial charge in [-0.2, -0.15) is 0 Å². The zero-order chi connectivity index (χ0) is 12.4. The molecule has 0 saturated heterocycles. The number of aryl methyl sites for hydroxylation is 1. The molecule has 0 fully saturated rings. The fraction of sp³-hybridized carbons (Fsp3) is 0.0714. The second kappa shape index (κ2) is 4.80. The van der Waals surface area contributed by atoms with E-state index in [1.54, 1.807) is 24.3 Å². The Balaban J connectivity index is 2.47. The molecule has 0 aliphatic heterocycles. The topological polar surface area (TPSA) is 17.1 Å². The molecule has 0 N–H and O–H groups in total. The maximum absolute atomic E-state index is 13.6. The first-order valence-electron chi connectivity index (χ1n) is 5.14. The molecule has 17 heavy (non-hydrogen) atoms. The summed E-state index contributed by atoms with van der Waals surface area (Å²) < 4.78 is 14.3. The number of benzene rings is 2. The van der Waals surface area contributed by atoms with Crippen LogP contribution in [-0.4, -0.2) is 5.78 Å². The van der Waals surface area contributed by atoms with E-state index in [-0.39, 0.29) is 11.3 Å². The highest BCUT2D eigenvalue weighted by atomic mass is 79.9. The van der Waals surface area contributed by atoms with Gasteiger partial charge in [0, 0.05) is 10.0 Å². The van der Waals surface area contributed by atoms with Gasteiger partial charge in [0.2, 0.25) is 0 Å². The van der Waals surface area contributed by atoms with Crippen LogP contribution < -0.4 is 0 Å². The third-order valence-electron chi connectivity index (χ3n) is 2.45. The first-order valence-corrected chi connectivity index (χ1v) is 5.93. The molecule has 0 bridgehead atoms. The van der Waals surface area contributed by atoms with Gasteiger partial charge in [0.05, 0.1) is 5.56 Å². The molecule has 0 radical (unpaired) electrons. The molecule has 2 rings (SSSR count). The Bertz CT molecular complexity index is 578. The standard InChI is InChI=1S/C14H10BrFO/c1-9-3-2-4-10(7-9)14(17)12-8-11(15)5-6-13(12)16/h2-8H,1H3. The van der Waals surface area contributed by atoms with Gasteiger partial charge in [-0.15, -0.1) is 0 Å². The average Bonchev–Trinajstić information content (AvgIpc) is 2.31. The van der Waals surface area contributed by atoms with Gasteiger partial charge < -0.3 is 0 Å². The molecule has 3 heteroatoms. The summed E-state index contributed by atoms with van der Waals surface area (Å²) in [6.45, 7) is 1.90. The highest BCUT2D eigenvalue weighted by molar-refractivity contribution is 9.10. The Hall–Kier alpha value is -1.48. The van der Waals surface area contributed by atoms with Gasteiger partial charge in [-0.1, -0.05) is 39.7 Å². The van der Waals surface area contributed by atoms with Crippen LogP contribution in [0.15, 0.2) is 46.9 Å². The minimum atomic E-state index is -0.500. The smallest absolute Gasteiger partial charge is 0.196 e. The molecule has 2 aromatic carbocycles. The summed E-state index contributed by atoms with van der Waals surface area (Å²) in [6, 6.07) is 11.5. The zero-order valence-electron chi connectivity index (χ0n) is 9.21. The van der Waals surface area contributed by atoms with Crippen molar-refractivity contribution in [1.82, 2.24) is 0 Å². The number of hydrogen-bond donors (Lipinski definition) is 0. The van der Waals surface area contributed by atoms with Crippen molar-refractivity contribution in [2.24, 2.45) is 0 Å². The summed E-state index contributed by atoms with van der Waals surface area (Å²) in [7, 11) is 0. The Morgan fingerprint density at radius 1 is 1.18 bits per heavy atom. The minimum absolute atomic E-state index is 0.0879. The Morgan fingerprint density at radius 3 is 2.65 bits per heavy atom. The van der Waals surface area contributed by atoms with Crippen LogP contribution in [0.25, 0.3) is 0 Å². The van der Waals surface area contributed by atoms with Crippen LogP contribution in [0.4, 0.5) is 4.39 Å². The normalized spacial score (nSPS) is 10.3. The lowest BCUT2D eigenvalue weighted by Gasteiger charge is -2.04. The second-order valence-corrected chi connectivity index (χ2v) is 4.74. The molecule has 0 saturated carbocycles. The summed E-state index contributed by atoms with van der Waals surface area (Å²) in [6.07, 6.45) is 0. The predicted molar refractivity (Wildman–Crippen MR) is 68.7 cm³/mol. The van der Waals surface area contributed by atoms with E-state index in [1.165, 1.54) is 12.1 Å². The monoisotopic (exact) mass is 292 g/mol. The van der Waals surface area contributed by atoms with Crippen LogP contribution in [0.1, 0.15) is 21.5 Å². The number of hydrogen-bond acceptors (Lipinski definition) is 1. The van der Waals surface area contributed by atoms with Crippen LogP contribution in [0, 0.1) is 12.7 Å². The molecule has 1 nitrogen and oxygen atoms in total. The Morgan fingerprint density at radius 2 is 1.94 bits per heavy atom. The van der Waals surface area contributed by atoms with E-state index in [9.17, 15) is 9.18 Å². The maximum atomic E-state index is 13.6. The van der Waals surface area contributed by atoms with Crippen molar-refractivity contribution in [1.29, 1.82) is 0 Å². The van der Waals surface area contributed by atoms with Crippen LogP contribution >= 0.6 is 15.9 Å². The van der Waals surface area contributed by atoms with Crippen molar-refractivity contribution >= 4 is 21.7 Å². The van der Waals surface area contributed by atoms with Crippen molar-refractivity contribution in [3.05, 3.63) is 69.4 Å². The minimum Gasteiger partial charge on any atom is -0.288 e. The Labute approximate surface area is 107 Å². The number of rotatable bonds is 2. The molecular formula is C14H10BrFO. The lowest BCUT2D eigenvalue weighted by atomic mass is 10.0. The molecule has 0 amide bonds. The largest absolute Gasteiger partial charge is 0.288 e. The molecule has 0 heterocycles. The van der Waals surface area contributed by atoms with Crippen LogP contribution in [0.2, 0.25) is 0 Å². The second-order valence-electron chi connectivity index (χ2n) is 3.82. The van der Waals surface area contributed by atoms with Crippen molar-refractivity contribution in [2.45, 2.75) is 6.92 Å². The fourth-order valence-corrected chi connectivity index (χ4v) is 1.97. The molecule has 0 atom stereocenters. The Kier molecular flexibility index (Phi) is 3.38. The summed E-state index contributed by atoms with van der Waals surface area (Å²) in [5, 5.41) is 0. The molecule has 0 aliphatic rings. The lowest BCUT2D eigenvalue weighted by molar-refractivity contribution is 0.103. The van der Waals surface area contributed by atoms with Crippen LogP contribution in [0.5, 0.6) is 0 Å². The third-order valence-corrected chi connectivity index (χ3v) is 2.95. The van der Waals surface area contributed by atoms with E-state index in [4.69, 9.17) is 0 Å². The molecule has 86 valence electrons. The van der Waals surface area contributed by atoms with Crippen LogP contribution in [-0.2, 0) is 0 Å². The van der Waals surface area contributed by atoms with E-state index in [1.807, 2.05) is 13.0 Å². The number of carbonyl (C=O) groups is 1. The molecule has 0 spiro atoms. The lowest BCUT2D eigenvalue weighted by Crippen LogP contribution is -2.04. The zero-order valence-corrected chi connectivity index (χ0v) is 10.8. The molecule has 2 aromatic rings. The van der Waals surface area contributed by atoms with Gasteiger partial charge in [0.25, 0.3) is 0 Å². The first kappa shape index (κ1) is 12.0. The van der Waals surface area contributed by atoms with Crippen molar-refractivity contribution < 1.29 is 9.18 Å². The maximum Gasteiger partial charge on any atom is 0.196 e. The summed E-state index contributed by atoms with van der Waals surface area (Å²) in [5.41, 5.74) is 1.57. The first-order chi connectivity index (χ1) is 8.08. The van der Waals surface area contributed by atoms with Gasteiger partial charge in [0.15, 0.2) is 5.78 Å². The SMILES string of the molecule is Cc1cccc(C(=O)c2cc(Br)ccc2F)c1.